The molecule has 0 rings (SSSR count). The van der Waals surface area contributed by atoms with E-state index in [0.717, 1.165) is 0 Å². The Labute approximate surface area is 83.6 Å². The molecule has 0 aliphatic heterocycles. The van der Waals surface area contributed by atoms with Crippen LogP contribution in [0, 0.1) is 0 Å². The molecule has 0 heterocycles. The molecule has 0 saturated heterocycles. The van der Waals surface area contributed by atoms with E-state index in [2.05, 4.69) is 0 Å². The summed E-state index contributed by atoms with van der Waals surface area (Å²) in [6.45, 7) is 1.56. The van der Waals surface area contributed by atoms with E-state index in [1.807, 2.05) is 0 Å². The van der Waals surface area contributed by atoms with Crippen molar-refractivity contribution in [1.82, 2.24) is 0 Å². The van der Waals surface area contributed by atoms with Crippen molar-refractivity contribution in [1.29, 1.82) is 0 Å². The summed E-state index contributed by atoms with van der Waals surface area (Å²) in [5, 5.41) is 16.8. The minimum atomic E-state index is -0.501. The molecule has 0 aliphatic carbocycles. The number of aliphatic hydroxyl groups excluding tert-OH is 2. The van der Waals surface area contributed by atoms with Crippen molar-refractivity contribution < 1.29 is 24.4 Å². The Kier molecular flexibility index (Phi) is 10.7. The van der Waals surface area contributed by atoms with Gasteiger partial charge in [0.25, 0.3) is 0 Å². The van der Waals surface area contributed by atoms with E-state index in [9.17, 15) is 0 Å². The first-order valence-corrected chi connectivity index (χ1v) is 4.55. The van der Waals surface area contributed by atoms with Crippen LogP contribution in [0.25, 0.3) is 0 Å². The molecular formula is C8H19NO5. The molecule has 0 unspecified atom stereocenters. The summed E-state index contributed by atoms with van der Waals surface area (Å²) in [7, 11) is 0. The summed E-state index contributed by atoms with van der Waals surface area (Å²) in [6.07, 6.45) is -0.501. The Morgan fingerprint density at radius 1 is 0.929 bits per heavy atom. The fourth-order valence-electron chi connectivity index (χ4n) is 0.737. The van der Waals surface area contributed by atoms with E-state index in [4.69, 9.17) is 30.2 Å². The number of nitrogens with two attached hydrogens (primary N) is 1. The lowest BCUT2D eigenvalue weighted by atomic mass is 10.6. The lowest BCUT2D eigenvalue weighted by Crippen LogP contribution is -2.31. The van der Waals surface area contributed by atoms with Crippen LogP contribution in [-0.2, 0) is 14.2 Å². The maximum absolute atomic E-state index is 8.40. The van der Waals surface area contributed by atoms with Crippen LogP contribution in [0.1, 0.15) is 0 Å². The zero-order valence-electron chi connectivity index (χ0n) is 8.22. The number of aliphatic hydroxyl groups is 2. The van der Waals surface area contributed by atoms with Crippen molar-refractivity contribution in [2.75, 3.05) is 46.2 Å². The number of ether oxygens (including phenoxy) is 3. The van der Waals surface area contributed by atoms with Gasteiger partial charge >= 0.3 is 0 Å². The summed E-state index contributed by atoms with van der Waals surface area (Å²) < 4.78 is 15.0. The average molecular weight is 209 g/mol. The van der Waals surface area contributed by atoms with Crippen LogP contribution in [0.3, 0.4) is 0 Å². The van der Waals surface area contributed by atoms with E-state index >= 15 is 0 Å². The van der Waals surface area contributed by atoms with Crippen molar-refractivity contribution in [2.24, 2.45) is 5.73 Å². The molecule has 0 aromatic rings. The highest BCUT2D eigenvalue weighted by Crippen LogP contribution is 1.86. The molecule has 0 aromatic carbocycles. The van der Waals surface area contributed by atoms with E-state index in [-0.39, 0.29) is 26.4 Å². The van der Waals surface area contributed by atoms with Gasteiger partial charge in [-0.25, -0.2) is 0 Å². The molecule has 6 nitrogen and oxygen atoms in total. The summed E-state index contributed by atoms with van der Waals surface area (Å²) in [5.41, 5.74) is 5.50. The van der Waals surface area contributed by atoms with Gasteiger partial charge in [0, 0.05) is 0 Å². The fourth-order valence-corrected chi connectivity index (χ4v) is 0.737. The lowest BCUT2D eigenvalue weighted by molar-refractivity contribution is -0.0422. The molecule has 4 N–H and O–H groups in total. The van der Waals surface area contributed by atoms with Crippen LogP contribution in [0.15, 0.2) is 0 Å². The van der Waals surface area contributed by atoms with Gasteiger partial charge in [-0.2, -0.15) is 0 Å². The standard InChI is InChI=1S/C8H19NO5/c9-8(7-13-4-2-11)14-6-5-12-3-1-10/h8,10-11H,1-7,9H2/t8-/m0/s1. The molecule has 14 heavy (non-hydrogen) atoms. The minimum absolute atomic E-state index is 0.00562. The molecule has 0 amide bonds. The summed E-state index contributed by atoms with van der Waals surface area (Å²) in [6, 6.07) is 0. The van der Waals surface area contributed by atoms with Crippen LogP contribution in [0.4, 0.5) is 0 Å². The van der Waals surface area contributed by atoms with E-state index < -0.39 is 6.23 Å². The van der Waals surface area contributed by atoms with Gasteiger partial charge in [-0.3, -0.25) is 0 Å². The molecule has 0 bridgehead atoms. The largest absolute Gasteiger partial charge is 0.394 e. The first-order valence-electron chi connectivity index (χ1n) is 4.55. The quantitative estimate of drug-likeness (QED) is 0.293. The van der Waals surface area contributed by atoms with Crippen LogP contribution in [0.5, 0.6) is 0 Å². The molecule has 6 heteroatoms. The Morgan fingerprint density at radius 3 is 2.21 bits per heavy atom. The lowest BCUT2D eigenvalue weighted by Gasteiger charge is -2.12. The molecule has 86 valence electrons. The number of hydrogen-bond acceptors (Lipinski definition) is 6. The predicted molar refractivity (Wildman–Crippen MR) is 49.7 cm³/mol. The molecule has 0 aromatic heterocycles. The third-order valence-corrected chi connectivity index (χ3v) is 1.31. The minimum Gasteiger partial charge on any atom is -0.394 e. The third-order valence-electron chi connectivity index (χ3n) is 1.31. The second-order valence-corrected chi connectivity index (χ2v) is 2.54. The molecular weight excluding hydrogens is 190 g/mol. The maximum atomic E-state index is 8.40. The van der Waals surface area contributed by atoms with Crippen LogP contribution < -0.4 is 5.73 Å². The van der Waals surface area contributed by atoms with Gasteiger partial charge < -0.3 is 30.2 Å². The average Bonchev–Trinajstić information content (AvgIpc) is 2.18. The van der Waals surface area contributed by atoms with Gasteiger partial charge in [-0.15, -0.1) is 0 Å². The molecule has 0 saturated carbocycles. The van der Waals surface area contributed by atoms with Gasteiger partial charge in [0.1, 0.15) is 6.23 Å². The Morgan fingerprint density at radius 2 is 1.57 bits per heavy atom. The number of rotatable bonds is 10. The van der Waals surface area contributed by atoms with Gasteiger partial charge in [-0.1, -0.05) is 0 Å². The summed E-state index contributed by atoms with van der Waals surface area (Å²) >= 11 is 0. The fraction of sp³-hybridized carbons (Fsp3) is 1.00. The Hall–Kier alpha value is -0.240. The van der Waals surface area contributed by atoms with Crippen LogP contribution in [-0.4, -0.2) is 62.7 Å². The smallest absolute Gasteiger partial charge is 0.129 e. The monoisotopic (exact) mass is 209 g/mol. The Balaban J connectivity index is 3.06. The SMILES string of the molecule is N[C@H](COCCO)OCCOCCO. The summed E-state index contributed by atoms with van der Waals surface area (Å²) in [4.78, 5) is 0. The second-order valence-electron chi connectivity index (χ2n) is 2.54. The number of hydrogen-bond donors (Lipinski definition) is 3. The molecule has 0 aliphatic rings. The predicted octanol–water partition coefficient (Wildman–Crippen LogP) is -1.69. The zero-order valence-corrected chi connectivity index (χ0v) is 8.22. The van der Waals surface area contributed by atoms with Crippen molar-refractivity contribution >= 4 is 0 Å². The van der Waals surface area contributed by atoms with Crippen molar-refractivity contribution in [3.05, 3.63) is 0 Å². The zero-order chi connectivity index (χ0) is 10.6. The second kappa shape index (κ2) is 10.8. The molecule has 1 atom stereocenters. The topological polar surface area (TPSA) is 94.2 Å². The first-order chi connectivity index (χ1) is 6.81. The Bertz CT molecular complexity index is 114. The van der Waals surface area contributed by atoms with Gasteiger partial charge in [0.2, 0.25) is 0 Å². The highest BCUT2D eigenvalue weighted by molar-refractivity contribution is 4.44. The van der Waals surface area contributed by atoms with E-state index in [1.54, 1.807) is 0 Å². The highest BCUT2D eigenvalue weighted by atomic mass is 16.6. The van der Waals surface area contributed by atoms with Crippen LogP contribution >= 0.6 is 0 Å². The molecule has 0 spiro atoms. The maximum Gasteiger partial charge on any atom is 0.129 e. The van der Waals surface area contributed by atoms with Crippen LogP contribution in [0.2, 0.25) is 0 Å². The van der Waals surface area contributed by atoms with Crippen molar-refractivity contribution in [3.8, 4) is 0 Å². The third kappa shape index (κ3) is 9.85. The van der Waals surface area contributed by atoms with Crippen molar-refractivity contribution in [3.63, 3.8) is 0 Å². The van der Waals surface area contributed by atoms with Gasteiger partial charge in [-0.05, 0) is 0 Å². The summed E-state index contributed by atoms with van der Waals surface area (Å²) in [5.74, 6) is 0. The van der Waals surface area contributed by atoms with E-state index in [0.29, 0.717) is 19.8 Å². The normalized spacial score (nSPS) is 13.1. The van der Waals surface area contributed by atoms with E-state index in [1.165, 1.54) is 0 Å². The van der Waals surface area contributed by atoms with Crippen molar-refractivity contribution in [2.45, 2.75) is 6.23 Å². The highest BCUT2D eigenvalue weighted by Gasteiger charge is 2.01. The first kappa shape index (κ1) is 13.8. The molecule has 0 fully saturated rings. The molecule has 0 radical (unpaired) electrons. The van der Waals surface area contributed by atoms with Gasteiger partial charge in [0.05, 0.1) is 46.2 Å². The van der Waals surface area contributed by atoms with Gasteiger partial charge in [0.15, 0.2) is 0 Å².